The summed E-state index contributed by atoms with van der Waals surface area (Å²) in [6.45, 7) is 5.71. The average Bonchev–Trinajstić information content (AvgIpc) is 3.63. The van der Waals surface area contributed by atoms with Crippen LogP contribution in [0.25, 0.3) is 0 Å². The molecular weight excluding hydrogens is 476 g/mol. The quantitative estimate of drug-likeness (QED) is 0.151. The van der Waals surface area contributed by atoms with Crippen LogP contribution >= 0.6 is 11.8 Å². The molecule has 0 radical (unpaired) electrons. The molecule has 1 heterocycles. The minimum Gasteiger partial charge on any atom is -0.478 e. The van der Waals surface area contributed by atoms with E-state index in [0.717, 1.165) is 23.0 Å². The maximum atomic E-state index is 11.3. The predicted octanol–water partition coefficient (Wildman–Crippen LogP) is 3.30. The van der Waals surface area contributed by atoms with Crippen LogP contribution in [0.5, 0.6) is 0 Å². The Hall–Kier alpha value is -3.28. The first kappa shape index (κ1) is 26.3. The molecule has 0 bridgehead atoms. The number of hydrogen-bond donors (Lipinski definition) is 3. The fraction of sp³-hybridized carbons (Fsp3) is 0.375. The highest BCUT2D eigenvalue weighted by atomic mass is 32.2. The second kappa shape index (κ2) is 12.4. The Bertz CT molecular complexity index is 1040. The number of aryl methyl sites for hydroxylation is 1. The topological polar surface area (TPSA) is 138 Å². The molecule has 10 nitrogen and oxygen atoms in total. The number of carboxylic acids is 2. The number of nitrogens with one attached hydrogen (secondary N) is 1. The van der Waals surface area contributed by atoms with Gasteiger partial charge in [0, 0.05) is 29.7 Å². The van der Waals surface area contributed by atoms with Gasteiger partial charge in [-0.2, -0.15) is 0 Å². The van der Waals surface area contributed by atoms with E-state index in [4.69, 9.17) is 14.2 Å². The summed E-state index contributed by atoms with van der Waals surface area (Å²) in [5.41, 5.74) is 2.63. The van der Waals surface area contributed by atoms with Crippen molar-refractivity contribution in [1.82, 2.24) is 0 Å². The summed E-state index contributed by atoms with van der Waals surface area (Å²) in [4.78, 5) is 36.4. The summed E-state index contributed by atoms with van der Waals surface area (Å²) < 4.78 is 15.8. The third-order valence-corrected chi connectivity index (χ3v) is 5.98. The zero-order chi connectivity index (χ0) is 25.4. The smallest absolute Gasteiger partial charge is 0.335 e. The van der Waals surface area contributed by atoms with Crippen LogP contribution in [0, 0.1) is 6.92 Å². The summed E-state index contributed by atoms with van der Waals surface area (Å²) in [6.07, 6.45) is -0.140. The van der Waals surface area contributed by atoms with Gasteiger partial charge in [0.2, 0.25) is 0 Å². The van der Waals surface area contributed by atoms with Crippen LogP contribution in [0.2, 0.25) is 0 Å². The second-order valence-electron chi connectivity index (χ2n) is 7.78. The van der Waals surface area contributed by atoms with E-state index in [0.29, 0.717) is 37.1 Å². The van der Waals surface area contributed by atoms with Crippen molar-refractivity contribution in [3.63, 3.8) is 0 Å². The monoisotopic (exact) mass is 504 g/mol. The highest BCUT2D eigenvalue weighted by Gasteiger charge is 2.23. The first-order valence-electron chi connectivity index (χ1n) is 10.9. The van der Waals surface area contributed by atoms with E-state index in [2.05, 4.69) is 10.2 Å². The summed E-state index contributed by atoms with van der Waals surface area (Å²) in [5, 5.41) is 21.8. The molecule has 2 aromatic carbocycles. The van der Waals surface area contributed by atoms with Gasteiger partial charge in [-0.05, 0) is 42.8 Å². The number of carbonyl (C=O) groups is 3. The molecule has 1 unspecified atom stereocenters. The molecule has 2 aromatic rings. The maximum Gasteiger partial charge on any atom is 0.335 e. The Morgan fingerprint density at radius 2 is 1.74 bits per heavy atom. The summed E-state index contributed by atoms with van der Waals surface area (Å²) in [5.74, 6) is -2.31. The summed E-state index contributed by atoms with van der Waals surface area (Å²) in [7, 11) is 0. The molecule has 1 saturated heterocycles. The van der Waals surface area contributed by atoms with E-state index >= 15 is 0 Å². The van der Waals surface area contributed by atoms with E-state index in [1.165, 1.54) is 30.8 Å². The fourth-order valence-electron chi connectivity index (χ4n) is 3.22. The van der Waals surface area contributed by atoms with Crippen molar-refractivity contribution in [1.29, 1.82) is 0 Å². The summed E-state index contributed by atoms with van der Waals surface area (Å²) in [6, 6.07) is 9.96. The molecule has 3 N–H and O–H groups in total. The number of thioether (sulfide) groups is 1. The summed E-state index contributed by atoms with van der Waals surface area (Å²) >= 11 is 1.30. The Labute approximate surface area is 207 Å². The third-order valence-electron chi connectivity index (χ3n) is 5.12. The molecule has 0 saturated carbocycles. The van der Waals surface area contributed by atoms with Crippen LogP contribution in [0.4, 0.5) is 11.4 Å². The number of nitrogens with zero attached hydrogens (tertiary/aromatic N) is 1. The maximum absolute atomic E-state index is 11.3. The van der Waals surface area contributed by atoms with Gasteiger partial charge in [-0.1, -0.05) is 6.07 Å². The van der Waals surface area contributed by atoms with Crippen LogP contribution < -0.4 is 10.2 Å². The molecule has 11 heteroatoms. The first-order valence-corrected chi connectivity index (χ1v) is 11.9. The Kier molecular flexibility index (Phi) is 9.35. The highest BCUT2D eigenvalue weighted by Crippen LogP contribution is 2.27. The number of rotatable bonds is 14. The van der Waals surface area contributed by atoms with Crippen molar-refractivity contribution < 1.29 is 38.8 Å². The molecule has 35 heavy (non-hydrogen) atoms. The van der Waals surface area contributed by atoms with E-state index < -0.39 is 11.9 Å². The minimum absolute atomic E-state index is 0.0761. The standard InChI is InChI=1S/C24H28N2O8S/c1-15-3-4-19(26(5-7-32-16(2)27)6-8-33-22-13-34-22)12-21(15)25-14-35-20-10-17(23(28)29)9-18(11-20)24(30)31/h3-4,9-12,22,25H,5-8,13-14H2,1-2H3,(H,28,29)(H,30,31). The number of ether oxygens (including phenoxy) is 3. The van der Waals surface area contributed by atoms with Crippen LogP contribution in [-0.2, 0) is 19.0 Å². The Morgan fingerprint density at radius 1 is 1.09 bits per heavy atom. The third kappa shape index (κ3) is 8.46. The molecule has 188 valence electrons. The van der Waals surface area contributed by atoms with Crippen LogP contribution in [0.3, 0.4) is 0 Å². The van der Waals surface area contributed by atoms with Crippen LogP contribution in [0.1, 0.15) is 33.2 Å². The molecule has 0 spiro atoms. The van der Waals surface area contributed by atoms with Gasteiger partial charge in [-0.15, -0.1) is 11.8 Å². The molecule has 1 fully saturated rings. The minimum atomic E-state index is -1.18. The van der Waals surface area contributed by atoms with Crippen molar-refractivity contribution in [3.05, 3.63) is 53.1 Å². The number of esters is 1. The zero-order valence-corrected chi connectivity index (χ0v) is 20.3. The number of carbonyl (C=O) groups excluding carboxylic acids is 1. The van der Waals surface area contributed by atoms with Gasteiger partial charge in [0.1, 0.15) is 13.2 Å². The van der Waals surface area contributed by atoms with Crippen molar-refractivity contribution in [2.75, 3.05) is 49.0 Å². The van der Waals surface area contributed by atoms with Crippen LogP contribution in [0.15, 0.2) is 41.3 Å². The fourth-order valence-corrected chi connectivity index (χ4v) is 4.04. The molecule has 3 rings (SSSR count). The van der Waals surface area contributed by atoms with Crippen molar-refractivity contribution >= 4 is 41.0 Å². The van der Waals surface area contributed by atoms with Crippen LogP contribution in [-0.4, -0.2) is 73.2 Å². The number of benzene rings is 2. The average molecular weight is 505 g/mol. The lowest BCUT2D eigenvalue weighted by molar-refractivity contribution is -0.140. The van der Waals surface area contributed by atoms with Gasteiger partial charge >= 0.3 is 17.9 Å². The van der Waals surface area contributed by atoms with Gasteiger partial charge < -0.3 is 34.6 Å². The molecule has 0 aromatic heterocycles. The molecule has 1 aliphatic rings. The number of anilines is 2. The van der Waals surface area contributed by atoms with E-state index in [1.54, 1.807) is 0 Å². The molecular formula is C24H28N2O8S. The highest BCUT2D eigenvalue weighted by molar-refractivity contribution is 7.99. The number of epoxide rings is 1. The number of aromatic carboxylic acids is 2. The van der Waals surface area contributed by atoms with E-state index in [1.807, 2.05) is 25.1 Å². The zero-order valence-electron chi connectivity index (χ0n) is 19.5. The van der Waals surface area contributed by atoms with Crippen molar-refractivity contribution in [3.8, 4) is 0 Å². The Morgan fingerprint density at radius 3 is 2.34 bits per heavy atom. The molecule has 0 amide bonds. The van der Waals surface area contributed by atoms with Gasteiger partial charge in [0.15, 0.2) is 6.29 Å². The van der Waals surface area contributed by atoms with Gasteiger partial charge in [0.25, 0.3) is 0 Å². The first-order chi connectivity index (χ1) is 16.7. The lowest BCUT2D eigenvalue weighted by Crippen LogP contribution is -2.31. The lowest BCUT2D eigenvalue weighted by Gasteiger charge is -2.25. The molecule has 1 aliphatic heterocycles. The Balaban J connectivity index is 1.67. The number of hydrogen-bond acceptors (Lipinski definition) is 9. The lowest BCUT2D eigenvalue weighted by atomic mass is 10.1. The predicted molar refractivity (Wildman–Crippen MR) is 130 cm³/mol. The van der Waals surface area contributed by atoms with E-state index in [-0.39, 0.29) is 30.0 Å². The normalized spacial score (nSPS) is 14.3. The SMILES string of the molecule is CC(=O)OCCN(CCOC1CO1)c1ccc(C)c(NCSc2cc(C(=O)O)cc(C(=O)O)c2)c1. The van der Waals surface area contributed by atoms with Crippen molar-refractivity contribution in [2.24, 2.45) is 0 Å². The van der Waals surface area contributed by atoms with Gasteiger partial charge in [-0.25, -0.2) is 9.59 Å². The van der Waals surface area contributed by atoms with Gasteiger partial charge in [0.05, 0.1) is 30.2 Å². The largest absolute Gasteiger partial charge is 0.478 e. The van der Waals surface area contributed by atoms with Crippen molar-refractivity contribution in [2.45, 2.75) is 25.0 Å². The number of carboxylic acid groups (broad SMARTS) is 2. The van der Waals surface area contributed by atoms with Gasteiger partial charge in [-0.3, -0.25) is 4.79 Å². The molecule has 1 atom stereocenters. The molecule has 0 aliphatic carbocycles. The second-order valence-corrected chi connectivity index (χ2v) is 8.83. The van der Waals surface area contributed by atoms with E-state index in [9.17, 15) is 24.6 Å².